The summed E-state index contributed by atoms with van der Waals surface area (Å²) < 4.78 is 0. The van der Waals surface area contributed by atoms with Crippen molar-refractivity contribution in [3.8, 4) is 0 Å². The summed E-state index contributed by atoms with van der Waals surface area (Å²) in [6, 6.07) is 4.47. The van der Waals surface area contributed by atoms with Gasteiger partial charge in [-0.15, -0.1) is 0 Å². The zero-order valence-corrected chi connectivity index (χ0v) is 10.1. The molecule has 1 aromatic carbocycles. The highest BCUT2D eigenvalue weighted by Crippen LogP contribution is 2.19. The molecule has 0 aromatic heterocycles. The van der Waals surface area contributed by atoms with Crippen molar-refractivity contribution in [3.05, 3.63) is 34.4 Å². The molecule has 0 amide bonds. The molecule has 0 radical (unpaired) electrons. The second-order valence-corrected chi connectivity index (χ2v) is 4.52. The maximum Gasteiger partial charge on any atom is 0.0707 e. The van der Waals surface area contributed by atoms with Gasteiger partial charge in [0.25, 0.3) is 0 Å². The minimum atomic E-state index is 0.468. The van der Waals surface area contributed by atoms with Crippen LogP contribution in [0.2, 0.25) is 0 Å². The van der Waals surface area contributed by atoms with E-state index in [-0.39, 0.29) is 0 Å². The number of nitrogens with two attached hydrogens (primary N) is 1. The predicted octanol–water partition coefficient (Wildman–Crippen LogP) is 2.68. The maximum absolute atomic E-state index is 5.08. The Kier molecular flexibility index (Phi) is 4.30. The van der Waals surface area contributed by atoms with E-state index >= 15 is 0 Å². The van der Waals surface area contributed by atoms with Gasteiger partial charge in [-0.1, -0.05) is 24.6 Å². The van der Waals surface area contributed by atoms with Gasteiger partial charge in [0, 0.05) is 0 Å². The molecule has 1 atom stereocenters. The van der Waals surface area contributed by atoms with E-state index < -0.39 is 0 Å². The molecule has 0 saturated heterocycles. The highest BCUT2D eigenvalue weighted by atomic mass is 16.6. The Labute approximate surface area is 92.4 Å². The molecule has 84 valence electrons. The summed E-state index contributed by atoms with van der Waals surface area (Å²) in [5.74, 6) is 5.55. The molecule has 2 heteroatoms. The first-order valence-electron chi connectivity index (χ1n) is 5.43. The SMILES string of the molecule is Cc1cc(C)c(CC(C)CON)c(C)c1. The Morgan fingerprint density at radius 1 is 1.20 bits per heavy atom. The van der Waals surface area contributed by atoms with Crippen LogP contribution in [0, 0.1) is 26.7 Å². The molecule has 0 aliphatic rings. The molecule has 2 nitrogen and oxygen atoms in total. The highest BCUT2D eigenvalue weighted by molar-refractivity contribution is 5.37. The third kappa shape index (κ3) is 3.33. The van der Waals surface area contributed by atoms with E-state index in [0.29, 0.717) is 12.5 Å². The average Bonchev–Trinajstić information content (AvgIpc) is 2.11. The van der Waals surface area contributed by atoms with E-state index in [1.165, 1.54) is 22.3 Å². The molecule has 0 heterocycles. The second kappa shape index (κ2) is 5.29. The van der Waals surface area contributed by atoms with Crippen LogP contribution in [-0.2, 0) is 11.3 Å². The lowest BCUT2D eigenvalue weighted by Gasteiger charge is -2.15. The van der Waals surface area contributed by atoms with E-state index in [4.69, 9.17) is 5.90 Å². The van der Waals surface area contributed by atoms with Crippen molar-refractivity contribution in [2.75, 3.05) is 6.61 Å². The fourth-order valence-corrected chi connectivity index (χ4v) is 2.10. The van der Waals surface area contributed by atoms with E-state index in [9.17, 15) is 0 Å². The molecule has 1 rings (SSSR count). The average molecular weight is 207 g/mol. The molecule has 0 spiro atoms. The first kappa shape index (κ1) is 12.2. The molecule has 0 saturated carbocycles. The third-order valence-corrected chi connectivity index (χ3v) is 2.77. The zero-order valence-electron chi connectivity index (χ0n) is 10.1. The van der Waals surface area contributed by atoms with E-state index in [0.717, 1.165) is 6.42 Å². The highest BCUT2D eigenvalue weighted by Gasteiger charge is 2.08. The topological polar surface area (TPSA) is 35.2 Å². The van der Waals surface area contributed by atoms with Crippen molar-refractivity contribution in [3.63, 3.8) is 0 Å². The van der Waals surface area contributed by atoms with Gasteiger partial charge >= 0.3 is 0 Å². The lowest BCUT2D eigenvalue weighted by atomic mass is 9.92. The summed E-state index contributed by atoms with van der Waals surface area (Å²) >= 11 is 0. The summed E-state index contributed by atoms with van der Waals surface area (Å²) in [4.78, 5) is 4.68. The van der Waals surface area contributed by atoms with Gasteiger partial charge in [0.1, 0.15) is 0 Å². The van der Waals surface area contributed by atoms with Crippen molar-refractivity contribution in [1.82, 2.24) is 0 Å². The van der Waals surface area contributed by atoms with Crippen molar-refractivity contribution in [2.24, 2.45) is 11.8 Å². The molecular formula is C13H21NO. The van der Waals surface area contributed by atoms with Crippen molar-refractivity contribution in [2.45, 2.75) is 34.1 Å². The number of benzene rings is 1. The number of rotatable bonds is 4. The zero-order chi connectivity index (χ0) is 11.4. The molecule has 15 heavy (non-hydrogen) atoms. The molecule has 0 aliphatic heterocycles. The maximum atomic E-state index is 5.08. The van der Waals surface area contributed by atoms with E-state index in [1.54, 1.807) is 0 Å². The Morgan fingerprint density at radius 3 is 2.20 bits per heavy atom. The summed E-state index contributed by atoms with van der Waals surface area (Å²) in [6.07, 6.45) is 1.04. The van der Waals surface area contributed by atoms with Gasteiger partial charge in [0.2, 0.25) is 0 Å². The predicted molar refractivity (Wildman–Crippen MR) is 63.7 cm³/mol. The molecule has 0 bridgehead atoms. The molecule has 0 fully saturated rings. The summed E-state index contributed by atoms with van der Waals surface area (Å²) in [6.45, 7) is 9.26. The first-order valence-corrected chi connectivity index (χ1v) is 5.43. The summed E-state index contributed by atoms with van der Waals surface area (Å²) in [5.41, 5.74) is 5.51. The Hall–Kier alpha value is -0.860. The quantitative estimate of drug-likeness (QED) is 0.770. The van der Waals surface area contributed by atoms with Crippen molar-refractivity contribution >= 4 is 0 Å². The number of hydrogen-bond acceptors (Lipinski definition) is 2. The summed E-state index contributed by atoms with van der Waals surface area (Å²) in [5, 5.41) is 0. The van der Waals surface area contributed by atoms with Crippen LogP contribution in [0.1, 0.15) is 29.2 Å². The normalized spacial score (nSPS) is 12.9. The lowest BCUT2D eigenvalue weighted by Crippen LogP contribution is -2.13. The van der Waals surface area contributed by atoms with Gasteiger partial charge in [-0.2, -0.15) is 0 Å². The van der Waals surface area contributed by atoms with Crippen molar-refractivity contribution < 1.29 is 4.84 Å². The fourth-order valence-electron chi connectivity index (χ4n) is 2.10. The molecule has 1 aromatic rings. The minimum Gasteiger partial charge on any atom is -0.304 e. The van der Waals surface area contributed by atoms with E-state index in [1.807, 2.05) is 0 Å². The van der Waals surface area contributed by atoms with Crippen LogP contribution in [0.4, 0.5) is 0 Å². The molecule has 0 aliphatic carbocycles. The van der Waals surface area contributed by atoms with Crippen LogP contribution in [0.3, 0.4) is 0 Å². The van der Waals surface area contributed by atoms with Gasteiger partial charge < -0.3 is 4.84 Å². The monoisotopic (exact) mass is 207 g/mol. The Balaban J connectivity index is 2.85. The second-order valence-electron chi connectivity index (χ2n) is 4.52. The van der Waals surface area contributed by atoms with Crippen molar-refractivity contribution in [1.29, 1.82) is 0 Å². The van der Waals surface area contributed by atoms with Crippen LogP contribution < -0.4 is 5.90 Å². The van der Waals surface area contributed by atoms with E-state index in [2.05, 4.69) is 44.7 Å². The van der Waals surface area contributed by atoms with Gasteiger partial charge in [0.05, 0.1) is 6.61 Å². The van der Waals surface area contributed by atoms with Crippen LogP contribution in [0.15, 0.2) is 12.1 Å². The largest absolute Gasteiger partial charge is 0.304 e. The molecular weight excluding hydrogens is 186 g/mol. The summed E-state index contributed by atoms with van der Waals surface area (Å²) in [7, 11) is 0. The smallest absolute Gasteiger partial charge is 0.0707 e. The number of aryl methyl sites for hydroxylation is 3. The van der Waals surface area contributed by atoms with Crippen LogP contribution >= 0.6 is 0 Å². The number of hydrogen-bond donors (Lipinski definition) is 1. The third-order valence-electron chi connectivity index (χ3n) is 2.77. The standard InChI is InChI=1S/C13H21NO/c1-9-5-11(3)13(12(4)6-9)7-10(2)8-15-14/h5-6,10H,7-8,14H2,1-4H3. The first-order chi connectivity index (χ1) is 7.04. The minimum absolute atomic E-state index is 0.468. The van der Waals surface area contributed by atoms with Crippen LogP contribution in [0.5, 0.6) is 0 Å². The van der Waals surface area contributed by atoms with Crippen LogP contribution in [0.25, 0.3) is 0 Å². The Morgan fingerprint density at radius 2 is 1.73 bits per heavy atom. The Bertz CT molecular complexity index is 310. The molecule has 1 unspecified atom stereocenters. The fraction of sp³-hybridized carbons (Fsp3) is 0.538. The van der Waals surface area contributed by atoms with Crippen LogP contribution in [-0.4, -0.2) is 6.61 Å². The van der Waals surface area contributed by atoms with Gasteiger partial charge in [0.15, 0.2) is 0 Å². The van der Waals surface area contributed by atoms with Gasteiger partial charge in [-0.05, 0) is 49.8 Å². The van der Waals surface area contributed by atoms with Gasteiger partial charge in [-0.25, -0.2) is 5.90 Å². The molecule has 2 N–H and O–H groups in total. The lowest BCUT2D eigenvalue weighted by molar-refractivity contribution is 0.107. The van der Waals surface area contributed by atoms with Gasteiger partial charge in [-0.3, -0.25) is 0 Å².